The molecule has 1 aliphatic rings. The lowest BCUT2D eigenvalue weighted by atomic mass is 10.00. The van der Waals surface area contributed by atoms with Crippen molar-refractivity contribution in [2.24, 2.45) is 0 Å². The Bertz CT molecular complexity index is 907. The summed E-state index contributed by atoms with van der Waals surface area (Å²) in [4.78, 5) is 25.2. The van der Waals surface area contributed by atoms with Gasteiger partial charge in [-0.15, -0.1) is 11.3 Å². The molecule has 1 aromatic carbocycles. The summed E-state index contributed by atoms with van der Waals surface area (Å²) in [5.74, 6) is -1.12. The van der Waals surface area contributed by atoms with Crippen LogP contribution in [0.15, 0.2) is 41.7 Å². The van der Waals surface area contributed by atoms with Crippen LogP contribution in [0.2, 0.25) is 0 Å². The van der Waals surface area contributed by atoms with Crippen molar-refractivity contribution in [3.8, 4) is 17.2 Å². The van der Waals surface area contributed by atoms with Crippen molar-refractivity contribution in [1.29, 1.82) is 5.26 Å². The molecule has 2 aromatic rings. The molecule has 0 unspecified atom stereocenters. The van der Waals surface area contributed by atoms with Gasteiger partial charge in [0.1, 0.15) is 16.9 Å². The number of benzene rings is 1. The molecule has 24 heavy (non-hydrogen) atoms. The lowest BCUT2D eigenvalue weighted by Crippen LogP contribution is -2.34. The fourth-order valence-corrected chi connectivity index (χ4v) is 3.63. The first-order chi connectivity index (χ1) is 11.6. The van der Waals surface area contributed by atoms with Gasteiger partial charge < -0.3 is 15.4 Å². The Balaban J connectivity index is 2.13. The number of carbonyl (C=O) groups is 2. The number of fused-ring (bicyclic) bond motifs is 1. The van der Waals surface area contributed by atoms with E-state index in [-0.39, 0.29) is 17.3 Å². The van der Waals surface area contributed by atoms with Crippen LogP contribution in [-0.2, 0) is 9.53 Å². The Kier molecular flexibility index (Phi) is 4.06. The fourth-order valence-electron chi connectivity index (χ4n) is 2.55. The van der Waals surface area contributed by atoms with Crippen LogP contribution in [0.1, 0.15) is 15.2 Å². The third kappa shape index (κ3) is 2.53. The molecule has 120 valence electrons. The first-order valence-corrected chi connectivity index (χ1v) is 7.88. The summed E-state index contributed by atoms with van der Waals surface area (Å²) in [7, 11) is 1.18. The number of anilines is 1. The monoisotopic (exact) mass is 339 g/mol. The lowest BCUT2D eigenvalue weighted by Gasteiger charge is -2.20. The highest BCUT2D eigenvalue weighted by atomic mass is 32.1. The van der Waals surface area contributed by atoms with Crippen LogP contribution >= 0.6 is 11.3 Å². The lowest BCUT2D eigenvalue weighted by molar-refractivity contribution is -0.135. The van der Waals surface area contributed by atoms with Gasteiger partial charge in [0.15, 0.2) is 5.57 Å². The zero-order valence-corrected chi connectivity index (χ0v) is 13.8. The minimum absolute atomic E-state index is 0.0442. The van der Waals surface area contributed by atoms with Crippen LogP contribution in [0.25, 0.3) is 11.1 Å². The maximum Gasteiger partial charge on any atom is 0.352 e. The number of ether oxygens (including phenoxy) is 1. The average molecular weight is 339 g/mol. The summed E-state index contributed by atoms with van der Waals surface area (Å²) >= 11 is 1.40. The van der Waals surface area contributed by atoms with Crippen molar-refractivity contribution < 1.29 is 14.3 Å². The largest absolute Gasteiger partial charge is 0.465 e. The van der Waals surface area contributed by atoms with Gasteiger partial charge in [0.2, 0.25) is 0 Å². The van der Waals surface area contributed by atoms with Crippen LogP contribution in [0.4, 0.5) is 5.00 Å². The number of hydrogen-bond donors (Lipinski definition) is 2. The van der Waals surface area contributed by atoms with Crippen LogP contribution in [-0.4, -0.2) is 19.0 Å². The average Bonchev–Trinajstić information content (AvgIpc) is 2.92. The normalized spacial score (nSPS) is 14.8. The Morgan fingerprint density at radius 1 is 1.21 bits per heavy atom. The Morgan fingerprint density at radius 3 is 2.54 bits per heavy atom. The number of amides is 1. The summed E-state index contributed by atoms with van der Waals surface area (Å²) in [5, 5.41) is 15.3. The van der Waals surface area contributed by atoms with Crippen LogP contribution in [0.5, 0.6) is 0 Å². The van der Waals surface area contributed by atoms with Gasteiger partial charge in [0.25, 0.3) is 5.91 Å². The number of methoxy groups -OCH3 is 1. The number of carbonyl (C=O) groups excluding carboxylic acids is 2. The second-order valence-electron chi connectivity index (χ2n) is 5.04. The first kappa shape index (κ1) is 15.8. The summed E-state index contributed by atoms with van der Waals surface area (Å²) < 4.78 is 4.57. The van der Waals surface area contributed by atoms with E-state index in [9.17, 15) is 9.59 Å². The van der Waals surface area contributed by atoms with Crippen molar-refractivity contribution >= 4 is 28.2 Å². The molecule has 0 radical (unpaired) electrons. The molecule has 7 heteroatoms. The summed E-state index contributed by atoms with van der Waals surface area (Å²) in [6, 6.07) is 11.3. The molecule has 1 amide bonds. The van der Waals surface area contributed by atoms with Crippen molar-refractivity contribution in [2.75, 3.05) is 12.4 Å². The number of rotatable bonds is 2. The maximum absolute atomic E-state index is 12.6. The molecule has 0 atom stereocenters. The first-order valence-electron chi connectivity index (χ1n) is 7.06. The van der Waals surface area contributed by atoms with Gasteiger partial charge in [-0.2, -0.15) is 5.26 Å². The fraction of sp³-hybridized carbons (Fsp3) is 0.118. The van der Waals surface area contributed by atoms with E-state index in [0.717, 1.165) is 16.0 Å². The molecule has 6 nitrogen and oxygen atoms in total. The van der Waals surface area contributed by atoms with Crippen LogP contribution in [0, 0.1) is 18.3 Å². The third-order valence-electron chi connectivity index (χ3n) is 3.60. The molecule has 0 fully saturated rings. The topological polar surface area (TPSA) is 91.2 Å². The number of thiophene rings is 1. The Hall–Kier alpha value is -3.11. The number of hydrogen-bond acceptors (Lipinski definition) is 6. The SMILES string of the molecule is COC(=O)/C(C#N)=C1\NC(=O)c2c(sc(C)c2-c2ccccc2)N1. The number of nitriles is 1. The smallest absolute Gasteiger partial charge is 0.352 e. The van der Waals surface area contributed by atoms with Crippen LogP contribution in [0.3, 0.4) is 0 Å². The zero-order valence-electron chi connectivity index (χ0n) is 13.0. The van der Waals surface area contributed by atoms with Gasteiger partial charge in [-0.3, -0.25) is 4.79 Å². The molecule has 0 spiro atoms. The number of nitrogens with zero attached hydrogens (tertiary/aromatic N) is 1. The van der Waals surface area contributed by atoms with E-state index in [2.05, 4.69) is 15.4 Å². The van der Waals surface area contributed by atoms with Crippen molar-refractivity contribution in [3.63, 3.8) is 0 Å². The van der Waals surface area contributed by atoms with E-state index < -0.39 is 5.97 Å². The highest BCUT2D eigenvalue weighted by Gasteiger charge is 2.30. The third-order valence-corrected chi connectivity index (χ3v) is 4.62. The van der Waals surface area contributed by atoms with Gasteiger partial charge in [-0.1, -0.05) is 30.3 Å². The van der Waals surface area contributed by atoms with E-state index in [4.69, 9.17) is 5.26 Å². The van der Waals surface area contributed by atoms with E-state index in [1.54, 1.807) is 6.07 Å². The molecule has 2 heterocycles. The summed E-state index contributed by atoms with van der Waals surface area (Å²) in [6.07, 6.45) is 0. The predicted molar refractivity (Wildman–Crippen MR) is 90.2 cm³/mol. The Labute approximate surface area is 142 Å². The molecular weight excluding hydrogens is 326 g/mol. The maximum atomic E-state index is 12.6. The van der Waals surface area contributed by atoms with E-state index in [1.165, 1.54) is 18.4 Å². The second-order valence-corrected chi connectivity index (χ2v) is 6.26. The highest BCUT2D eigenvalue weighted by molar-refractivity contribution is 7.17. The van der Waals surface area contributed by atoms with E-state index >= 15 is 0 Å². The molecule has 2 N–H and O–H groups in total. The molecule has 1 aromatic heterocycles. The van der Waals surface area contributed by atoms with Gasteiger partial charge in [0, 0.05) is 10.4 Å². The minimum Gasteiger partial charge on any atom is -0.465 e. The molecule has 3 rings (SSSR count). The van der Waals surface area contributed by atoms with Crippen LogP contribution < -0.4 is 10.6 Å². The standard InChI is InChI=1S/C17H13N3O3S/c1-9-12(10-6-4-3-5-7-10)13-15(21)19-14(20-16(13)24-9)11(8-18)17(22)23-2/h3-7,20H,1-2H3,(H,19,21)/b14-11+. The van der Waals surface area contributed by atoms with Gasteiger partial charge >= 0.3 is 5.97 Å². The van der Waals surface area contributed by atoms with Crippen molar-refractivity contribution in [3.05, 3.63) is 52.2 Å². The van der Waals surface area contributed by atoms with E-state index in [0.29, 0.717) is 10.6 Å². The molecular formula is C17H13N3O3S. The summed E-state index contributed by atoms with van der Waals surface area (Å²) in [6.45, 7) is 1.93. The molecule has 1 aliphatic heterocycles. The number of esters is 1. The minimum atomic E-state index is -0.805. The van der Waals surface area contributed by atoms with E-state index in [1.807, 2.05) is 37.3 Å². The predicted octanol–water partition coefficient (Wildman–Crippen LogP) is 2.79. The second kappa shape index (κ2) is 6.18. The Morgan fingerprint density at radius 2 is 1.92 bits per heavy atom. The van der Waals surface area contributed by atoms with Gasteiger partial charge in [-0.25, -0.2) is 4.79 Å². The quantitative estimate of drug-likeness (QED) is 0.499. The number of nitrogens with one attached hydrogen (secondary N) is 2. The zero-order chi connectivity index (χ0) is 17.3. The molecule has 0 aliphatic carbocycles. The van der Waals surface area contributed by atoms with Crippen molar-refractivity contribution in [2.45, 2.75) is 6.92 Å². The van der Waals surface area contributed by atoms with Gasteiger partial charge in [0.05, 0.1) is 12.7 Å². The molecule has 0 saturated heterocycles. The molecule has 0 saturated carbocycles. The van der Waals surface area contributed by atoms with Crippen molar-refractivity contribution in [1.82, 2.24) is 5.32 Å². The number of aryl methyl sites for hydroxylation is 1. The van der Waals surface area contributed by atoms with Gasteiger partial charge in [-0.05, 0) is 12.5 Å². The highest BCUT2D eigenvalue weighted by Crippen LogP contribution is 2.41. The summed E-state index contributed by atoms with van der Waals surface area (Å²) in [5.41, 5.74) is 2.01. The molecule has 0 bridgehead atoms.